The van der Waals surface area contributed by atoms with E-state index in [2.05, 4.69) is 20.6 Å². The Morgan fingerprint density at radius 2 is 2.30 bits per heavy atom. The Hall–Kier alpha value is -2.83. The highest BCUT2D eigenvalue weighted by Gasteiger charge is 2.19. The predicted molar refractivity (Wildman–Crippen MR) is 72.2 cm³/mol. The second-order valence-corrected chi connectivity index (χ2v) is 4.42. The topological polar surface area (TPSA) is 88.7 Å². The van der Waals surface area contributed by atoms with Crippen LogP contribution >= 0.6 is 0 Å². The van der Waals surface area contributed by atoms with E-state index < -0.39 is 0 Å². The third-order valence-corrected chi connectivity index (χ3v) is 2.80. The van der Waals surface area contributed by atoms with Crippen molar-refractivity contribution in [2.45, 2.75) is 6.92 Å². The number of carbonyl (C=O) groups is 1. The van der Waals surface area contributed by atoms with Crippen LogP contribution in [0, 0.1) is 6.92 Å². The summed E-state index contributed by atoms with van der Waals surface area (Å²) < 4.78 is 7.12. The summed E-state index contributed by atoms with van der Waals surface area (Å²) in [5, 5.41) is 13.4. The average Bonchev–Trinajstić information content (AvgIpc) is 3.10. The largest absolute Gasteiger partial charge is 0.460 e. The second-order valence-electron chi connectivity index (χ2n) is 4.42. The summed E-state index contributed by atoms with van der Waals surface area (Å²) in [6.07, 6.45) is 4.79. The van der Waals surface area contributed by atoms with Crippen LogP contribution in [-0.4, -0.2) is 25.9 Å². The van der Waals surface area contributed by atoms with Gasteiger partial charge in [-0.2, -0.15) is 10.2 Å². The molecule has 0 radical (unpaired) electrons. The Kier molecular flexibility index (Phi) is 2.86. The number of aromatic nitrogens is 4. The van der Waals surface area contributed by atoms with Crippen LogP contribution in [0.3, 0.4) is 0 Å². The fourth-order valence-electron chi connectivity index (χ4n) is 1.92. The lowest BCUT2D eigenvalue weighted by atomic mass is 10.2. The highest BCUT2D eigenvalue weighted by atomic mass is 16.3. The molecule has 0 aliphatic heterocycles. The monoisotopic (exact) mass is 271 g/mol. The van der Waals surface area contributed by atoms with E-state index in [9.17, 15) is 4.79 Å². The first-order chi connectivity index (χ1) is 9.63. The first kappa shape index (κ1) is 12.2. The molecule has 0 atom stereocenters. The molecule has 0 fully saturated rings. The molecule has 1 amide bonds. The van der Waals surface area contributed by atoms with Crippen molar-refractivity contribution in [1.82, 2.24) is 20.0 Å². The number of H-pyrrole nitrogens is 1. The van der Waals surface area contributed by atoms with Crippen LogP contribution in [0.5, 0.6) is 0 Å². The number of furan rings is 1. The molecule has 3 heterocycles. The van der Waals surface area contributed by atoms with Gasteiger partial charge in [-0.3, -0.25) is 14.6 Å². The molecule has 3 rings (SSSR count). The highest BCUT2D eigenvalue weighted by molar-refractivity contribution is 6.07. The van der Waals surface area contributed by atoms with Crippen LogP contribution in [0.2, 0.25) is 0 Å². The lowest BCUT2D eigenvalue weighted by Crippen LogP contribution is -2.11. The van der Waals surface area contributed by atoms with Gasteiger partial charge in [-0.1, -0.05) is 0 Å². The van der Waals surface area contributed by atoms with Gasteiger partial charge in [0.05, 0.1) is 17.4 Å². The summed E-state index contributed by atoms with van der Waals surface area (Å²) >= 11 is 0. The van der Waals surface area contributed by atoms with Crippen LogP contribution in [-0.2, 0) is 7.05 Å². The molecule has 0 saturated carbocycles. The molecular formula is C13H13N5O2. The zero-order valence-corrected chi connectivity index (χ0v) is 11.0. The Morgan fingerprint density at radius 1 is 1.45 bits per heavy atom. The molecule has 0 aromatic carbocycles. The first-order valence-corrected chi connectivity index (χ1v) is 6.04. The van der Waals surface area contributed by atoms with E-state index in [1.165, 1.54) is 6.20 Å². The van der Waals surface area contributed by atoms with Crippen molar-refractivity contribution in [1.29, 1.82) is 0 Å². The third kappa shape index (κ3) is 2.20. The molecule has 0 aliphatic carbocycles. The van der Waals surface area contributed by atoms with Gasteiger partial charge in [-0.15, -0.1) is 0 Å². The molecule has 3 aromatic heterocycles. The van der Waals surface area contributed by atoms with Gasteiger partial charge in [0.1, 0.15) is 11.5 Å². The van der Waals surface area contributed by atoms with E-state index in [1.807, 2.05) is 13.0 Å². The summed E-state index contributed by atoms with van der Waals surface area (Å²) in [6, 6.07) is 3.63. The van der Waals surface area contributed by atoms with E-state index >= 15 is 0 Å². The van der Waals surface area contributed by atoms with Crippen molar-refractivity contribution >= 4 is 11.6 Å². The van der Waals surface area contributed by atoms with Gasteiger partial charge in [-0.05, 0) is 19.1 Å². The number of hydrogen-bond acceptors (Lipinski definition) is 4. The van der Waals surface area contributed by atoms with Crippen LogP contribution in [0.1, 0.15) is 16.1 Å². The van der Waals surface area contributed by atoms with E-state index in [4.69, 9.17) is 4.42 Å². The van der Waals surface area contributed by atoms with Crippen LogP contribution in [0.25, 0.3) is 11.5 Å². The van der Waals surface area contributed by atoms with Gasteiger partial charge in [0.25, 0.3) is 5.91 Å². The van der Waals surface area contributed by atoms with Gasteiger partial charge >= 0.3 is 0 Å². The Balaban J connectivity index is 1.95. The number of carbonyl (C=O) groups excluding carboxylic acids is 1. The van der Waals surface area contributed by atoms with Crippen molar-refractivity contribution in [3.05, 3.63) is 42.0 Å². The van der Waals surface area contributed by atoms with Gasteiger partial charge in [0.15, 0.2) is 5.76 Å². The van der Waals surface area contributed by atoms with Crippen molar-refractivity contribution in [3.63, 3.8) is 0 Å². The van der Waals surface area contributed by atoms with Gasteiger partial charge in [0.2, 0.25) is 0 Å². The van der Waals surface area contributed by atoms with Crippen molar-refractivity contribution in [3.8, 4) is 11.5 Å². The van der Waals surface area contributed by atoms with Crippen LogP contribution in [0.4, 0.5) is 5.69 Å². The maximum Gasteiger partial charge on any atom is 0.259 e. The zero-order valence-electron chi connectivity index (χ0n) is 11.0. The van der Waals surface area contributed by atoms with Crippen molar-refractivity contribution in [2.24, 2.45) is 7.05 Å². The second kappa shape index (κ2) is 4.69. The molecule has 2 N–H and O–H groups in total. The fourth-order valence-corrected chi connectivity index (χ4v) is 1.92. The molecule has 7 heteroatoms. The van der Waals surface area contributed by atoms with Gasteiger partial charge in [0, 0.05) is 19.4 Å². The minimum atomic E-state index is -0.261. The number of anilines is 1. The molecule has 0 aliphatic rings. The molecule has 7 nitrogen and oxygen atoms in total. The molecule has 20 heavy (non-hydrogen) atoms. The van der Waals surface area contributed by atoms with Crippen molar-refractivity contribution in [2.75, 3.05) is 5.32 Å². The van der Waals surface area contributed by atoms with Gasteiger partial charge < -0.3 is 9.73 Å². The maximum absolute atomic E-state index is 12.3. The van der Waals surface area contributed by atoms with E-state index in [0.29, 0.717) is 22.7 Å². The summed E-state index contributed by atoms with van der Waals surface area (Å²) in [5.41, 5.74) is 1.56. The quantitative estimate of drug-likeness (QED) is 0.762. The number of nitrogens with one attached hydrogen (secondary N) is 2. The average molecular weight is 271 g/mol. The number of aromatic amines is 1. The molecule has 102 valence electrons. The van der Waals surface area contributed by atoms with Crippen LogP contribution < -0.4 is 5.32 Å². The normalized spacial score (nSPS) is 10.7. The maximum atomic E-state index is 12.3. The Morgan fingerprint density at radius 3 is 2.95 bits per heavy atom. The third-order valence-electron chi connectivity index (χ3n) is 2.80. The predicted octanol–water partition coefficient (Wildman–Crippen LogP) is 1.96. The Labute approximate surface area is 114 Å². The number of nitrogens with zero attached hydrogens (tertiary/aromatic N) is 3. The standard InChI is InChI=1S/C13H13N5O2/c1-8-3-4-11(20-8)12-10(7-18(2)17-12)13(19)16-9-5-14-15-6-9/h3-7H,1-2H3,(H,14,15)(H,16,19). The minimum Gasteiger partial charge on any atom is -0.460 e. The molecule has 0 bridgehead atoms. The molecular weight excluding hydrogens is 258 g/mol. The molecule has 0 saturated heterocycles. The number of aryl methyl sites for hydroxylation is 2. The molecule has 0 spiro atoms. The first-order valence-electron chi connectivity index (χ1n) is 6.04. The summed E-state index contributed by atoms with van der Waals surface area (Å²) in [5.74, 6) is 1.08. The lowest BCUT2D eigenvalue weighted by Gasteiger charge is -2.01. The number of rotatable bonds is 3. The van der Waals surface area contributed by atoms with E-state index in [1.54, 1.807) is 30.2 Å². The minimum absolute atomic E-state index is 0.261. The zero-order chi connectivity index (χ0) is 14.1. The molecule has 3 aromatic rings. The number of hydrogen-bond donors (Lipinski definition) is 2. The summed E-state index contributed by atoms with van der Waals surface area (Å²) in [6.45, 7) is 1.84. The van der Waals surface area contributed by atoms with E-state index in [0.717, 1.165) is 5.76 Å². The SMILES string of the molecule is Cc1ccc(-c2nn(C)cc2C(=O)Nc2cn[nH]c2)o1. The lowest BCUT2D eigenvalue weighted by molar-refractivity contribution is 0.102. The van der Waals surface area contributed by atoms with Crippen molar-refractivity contribution < 1.29 is 9.21 Å². The summed E-state index contributed by atoms with van der Waals surface area (Å²) in [7, 11) is 1.76. The van der Waals surface area contributed by atoms with Gasteiger partial charge in [-0.25, -0.2) is 0 Å². The van der Waals surface area contributed by atoms with E-state index in [-0.39, 0.29) is 5.91 Å². The number of amides is 1. The smallest absolute Gasteiger partial charge is 0.259 e. The Bertz CT molecular complexity index is 739. The highest BCUT2D eigenvalue weighted by Crippen LogP contribution is 2.24. The van der Waals surface area contributed by atoms with Crippen LogP contribution in [0.15, 0.2) is 35.1 Å². The molecule has 0 unspecified atom stereocenters. The fraction of sp³-hybridized carbons (Fsp3) is 0.154. The summed E-state index contributed by atoms with van der Waals surface area (Å²) in [4.78, 5) is 12.3.